The second kappa shape index (κ2) is 7.52. The molecule has 0 aliphatic heterocycles. The molecule has 0 aliphatic rings. The van der Waals surface area contributed by atoms with E-state index in [9.17, 15) is 10.1 Å². The fourth-order valence-corrected chi connectivity index (χ4v) is 3.55. The first-order chi connectivity index (χ1) is 15.5. The van der Waals surface area contributed by atoms with Crippen LogP contribution in [0.3, 0.4) is 0 Å². The number of urea groups is 1. The van der Waals surface area contributed by atoms with Crippen molar-refractivity contribution in [3.63, 3.8) is 0 Å². The van der Waals surface area contributed by atoms with Crippen molar-refractivity contribution < 1.29 is 4.79 Å². The number of anilines is 1. The standard InChI is InChI=1S/C23H18N8O/c1-31(2)23(32)27-16-6-14(10-25-12-16)15-7-18-21(29-30-22(18)26-11-15)20-8-17-13(9-24)4-3-5-19(17)28-20/h3-8,10-12,28H,1-2H3,(H,27,32)(H,26,29,30). The number of benzene rings is 1. The molecule has 32 heavy (non-hydrogen) atoms. The number of nitriles is 1. The molecule has 4 heterocycles. The van der Waals surface area contributed by atoms with Crippen LogP contribution in [0.4, 0.5) is 10.5 Å². The summed E-state index contributed by atoms with van der Waals surface area (Å²) in [5.41, 5.74) is 5.89. The number of aromatic amines is 2. The number of nitrogens with one attached hydrogen (secondary N) is 3. The first kappa shape index (κ1) is 19.3. The third kappa shape index (κ3) is 3.30. The average molecular weight is 422 g/mol. The quantitative estimate of drug-likeness (QED) is 0.403. The number of aromatic nitrogens is 5. The van der Waals surface area contributed by atoms with Crippen molar-refractivity contribution in [3.8, 4) is 28.6 Å². The van der Waals surface area contributed by atoms with Crippen molar-refractivity contribution in [2.75, 3.05) is 19.4 Å². The molecule has 156 valence electrons. The second-order valence-corrected chi connectivity index (χ2v) is 7.54. The summed E-state index contributed by atoms with van der Waals surface area (Å²) in [6, 6.07) is 13.3. The van der Waals surface area contributed by atoms with Gasteiger partial charge in [0.05, 0.1) is 34.9 Å². The third-order valence-corrected chi connectivity index (χ3v) is 5.19. The molecule has 0 bridgehead atoms. The van der Waals surface area contributed by atoms with Crippen molar-refractivity contribution in [2.45, 2.75) is 0 Å². The van der Waals surface area contributed by atoms with Crippen LogP contribution in [-0.2, 0) is 0 Å². The molecule has 9 heteroatoms. The lowest BCUT2D eigenvalue weighted by Gasteiger charge is -2.12. The predicted molar refractivity (Wildman–Crippen MR) is 122 cm³/mol. The summed E-state index contributed by atoms with van der Waals surface area (Å²) in [5, 5.41) is 21.2. The number of hydrogen-bond acceptors (Lipinski definition) is 5. The van der Waals surface area contributed by atoms with E-state index in [4.69, 9.17) is 0 Å². The Balaban J connectivity index is 1.57. The molecule has 1 aromatic carbocycles. The topological polar surface area (TPSA) is 126 Å². The van der Waals surface area contributed by atoms with E-state index in [1.165, 1.54) is 4.90 Å². The first-order valence-corrected chi connectivity index (χ1v) is 9.83. The van der Waals surface area contributed by atoms with Crippen LogP contribution in [0.1, 0.15) is 5.56 Å². The predicted octanol–water partition coefficient (Wildman–Crippen LogP) is 4.13. The van der Waals surface area contributed by atoms with Gasteiger partial charge in [0.1, 0.15) is 0 Å². The van der Waals surface area contributed by atoms with Crippen LogP contribution < -0.4 is 5.32 Å². The van der Waals surface area contributed by atoms with Gasteiger partial charge in [0, 0.05) is 53.9 Å². The molecule has 0 saturated heterocycles. The van der Waals surface area contributed by atoms with Gasteiger partial charge in [-0.3, -0.25) is 10.1 Å². The summed E-state index contributed by atoms with van der Waals surface area (Å²) < 4.78 is 0. The maximum absolute atomic E-state index is 12.0. The molecule has 0 atom stereocenters. The lowest BCUT2D eigenvalue weighted by atomic mass is 10.1. The largest absolute Gasteiger partial charge is 0.353 e. The van der Waals surface area contributed by atoms with Crippen LogP contribution >= 0.6 is 0 Å². The molecule has 0 radical (unpaired) electrons. The molecular formula is C23H18N8O. The van der Waals surface area contributed by atoms with Gasteiger partial charge in [0.25, 0.3) is 0 Å². The number of hydrogen-bond donors (Lipinski definition) is 3. The van der Waals surface area contributed by atoms with Crippen molar-refractivity contribution in [1.29, 1.82) is 5.26 Å². The number of rotatable bonds is 3. The highest BCUT2D eigenvalue weighted by Gasteiger charge is 2.14. The summed E-state index contributed by atoms with van der Waals surface area (Å²) in [5.74, 6) is 0. The van der Waals surface area contributed by atoms with Gasteiger partial charge in [0.15, 0.2) is 5.65 Å². The third-order valence-electron chi connectivity index (χ3n) is 5.19. The van der Waals surface area contributed by atoms with Gasteiger partial charge in [-0.15, -0.1) is 0 Å². The molecule has 3 N–H and O–H groups in total. The average Bonchev–Trinajstić information content (AvgIpc) is 3.42. The molecule has 0 spiro atoms. The summed E-state index contributed by atoms with van der Waals surface area (Å²) >= 11 is 0. The van der Waals surface area contributed by atoms with Crippen LogP contribution in [0.5, 0.6) is 0 Å². The zero-order valence-electron chi connectivity index (χ0n) is 17.3. The Morgan fingerprint density at radius 3 is 2.75 bits per heavy atom. The zero-order chi connectivity index (χ0) is 22.2. The van der Waals surface area contributed by atoms with E-state index in [2.05, 4.69) is 36.5 Å². The van der Waals surface area contributed by atoms with Crippen LogP contribution in [0.15, 0.2) is 55.0 Å². The minimum Gasteiger partial charge on any atom is -0.353 e. The highest BCUT2D eigenvalue weighted by atomic mass is 16.2. The van der Waals surface area contributed by atoms with E-state index in [1.807, 2.05) is 30.3 Å². The van der Waals surface area contributed by atoms with Gasteiger partial charge in [-0.2, -0.15) is 10.4 Å². The monoisotopic (exact) mass is 422 g/mol. The fourth-order valence-electron chi connectivity index (χ4n) is 3.55. The first-order valence-electron chi connectivity index (χ1n) is 9.83. The highest BCUT2D eigenvalue weighted by molar-refractivity contribution is 5.97. The molecule has 2 amide bonds. The molecule has 0 aliphatic carbocycles. The fraction of sp³-hybridized carbons (Fsp3) is 0.0870. The van der Waals surface area contributed by atoms with Gasteiger partial charge >= 0.3 is 6.03 Å². The van der Waals surface area contributed by atoms with Crippen LogP contribution in [0, 0.1) is 11.3 Å². The zero-order valence-corrected chi connectivity index (χ0v) is 17.3. The number of carbonyl (C=O) groups is 1. The second-order valence-electron chi connectivity index (χ2n) is 7.54. The summed E-state index contributed by atoms with van der Waals surface area (Å²) in [4.78, 5) is 25.5. The Hall–Kier alpha value is -4.71. The lowest BCUT2D eigenvalue weighted by molar-refractivity contribution is 0.230. The van der Waals surface area contributed by atoms with Crippen molar-refractivity contribution >= 4 is 33.7 Å². The normalized spacial score (nSPS) is 10.9. The van der Waals surface area contributed by atoms with Crippen molar-refractivity contribution in [2.24, 2.45) is 0 Å². The Morgan fingerprint density at radius 2 is 1.94 bits per heavy atom. The van der Waals surface area contributed by atoms with Gasteiger partial charge in [-0.05, 0) is 30.3 Å². The smallest absolute Gasteiger partial charge is 0.321 e. The number of H-pyrrole nitrogens is 2. The number of pyridine rings is 2. The van der Waals surface area contributed by atoms with E-state index in [0.29, 0.717) is 16.9 Å². The number of fused-ring (bicyclic) bond motifs is 2. The molecule has 0 fully saturated rings. The molecule has 4 aromatic heterocycles. The van der Waals surface area contributed by atoms with E-state index in [0.717, 1.165) is 38.8 Å². The lowest BCUT2D eigenvalue weighted by Crippen LogP contribution is -2.27. The molecule has 0 unspecified atom stereocenters. The molecular weight excluding hydrogens is 404 g/mol. The van der Waals surface area contributed by atoms with Crippen LogP contribution in [-0.4, -0.2) is 50.2 Å². The maximum Gasteiger partial charge on any atom is 0.321 e. The number of nitrogens with zero attached hydrogens (tertiary/aromatic N) is 5. The summed E-state index contributed by atoms with van der Waals surface area (Å²) in [6.07, 6.45) is 5.04. The Bertz CT molecular complexity index is 1520. The van der Waals surface area contributed by atoms with Gasteiger partial charge < -0.3 is 15.2 Å². The van der Waals surface area contributed by atoms with Gasteiger partial charge in [0.2, 0.25) is 0 Å². The van der Waals surface area contributed by atoms with Crippen molar-refractivity contribution in [1.82, 2.24) is 30.0 Å². The number of carbonyl (C=O) groups excluding carboxylic acids is 1. The van der Waals surface area contributed by atoms with Gasteiger partial charge in [-0.25, -0.2) is 9.78 Å². The van der Waals surface area contributed by atoms with E-state index >= 15 is 0 Å². The maximum atomic E-state index is 12.0. The minimum absolute atomic E-state index is 0.231. The SMILES string of the molecule is CN(C)C(=O)Nc1cncc(-c2cnc3n[nH]c(-c4cc5c(C#N)cccc5[nH]4)c3c2)c1. The Kier molecular flexibility index (Phi) is 4.53. The molecule has 0 saturated carbocycles. The summed E-state index contributed by atoms with van der Waals surface area (Å²) in [7, 11) is 3.35. The van der Waals surface area contributed by atoms with Crippen LogP contribution in [0.2, 0.25) is 0 Å². The minimum atomic E-state index is -0.231. The Labute approximate surface area is 182 Å². The van der Waals surface area contributed by atoms with Crippen molar-refractivity contribution in [3.05, 3.63) is 60.6 Å². The Morgan fingerprint density at radius 1 is 1.09 bits per heavy atom. The van der Waals surface area contributed by atoms with E-state index < -0.39 is 0 Å². The highest BCUT2D eigenvalue weighted by Crippen LogP contribution is 2.32. The van der Waals surface area contributed by atoms with Gasteiger partial charge in [-0.1, -0.05) is 6.07 Å². The number of amides is 2. The molecule has 5 rings (SSSR count). The summed E-state index contributed by atoms with van der Waals surface area (Å²) in [6.45, 7) is 0. The molecule has 5 aromatic rings. The van der Waals surface area contributed by atoms with E-state index in [1.54, 1.807) is 38.8 Å². The molecule has 9 nitrogen and oxygen atoms in total. The van der Waals surface area contributed by atoms with E-state index in [-0.39, 0.29) is 6.03 Å². The van der Waals surface area contributed by atoms with Crippen LogP contribution in [0.25, 0.3) is 44.5 Å².